The van der Waals surface area contributed by atoms with E-state index in [0.717, 1.165) is 17.7 Å². The van der Waals surface area contributed by atoms with Gasteiger partial charge in [0.15, 0.2) is 0 Å². The first-order valence-electron chi connectivity index (χ1n) is 4.65. The van der Waals surface area contributed by atoms with Crippen LogP contribution >= 0.6 is 0 Å². The Hall–Kier alpha value is -1.31. The summed E-state index contributed by atoms with van der Waals surface area (Å²) in [4.78, 5) is 4.17. The molecule has 0 aliphatic heterocycles. The maximum Gasteiger partial charge on any atom is 0.130 e. The van der Waals surface area contributed by atoms with E-state index in [9.17, 15) is 0 Å². The highest BCUT2D eigenvalue weighted by Crippen LogP contribution is 2.10. The van der Waals surface area contributed by atoms with Crippen molar-refractivity contribution in [3.05, 3.63) is 30.0 Å². The molecule has 0 atom stereocenters. The monoisotopic (exact) mass is 178 g/mol. The molecule has 0 aromatic carbocycles. The van der Waals surface area contributed by atoms with E-state index in [0.29, 0.717) is 5.82 Å². The zero-order valence-corrected chi connectivity index (χ0v) is 8.67. The Labute approximate surface area is 80.5 Å². The van der Waals surface area contributed by atoms with Crippen molar-refractivity contribution in [3.63, 3.8) is 0 Å². The summed E-state index contributed by atoms with van der Waals surface area (Å²) in [6.07, 6.45) is 2.63. The SMILES string of the molecule is C=Cc1ccc(CC)nc1N.CC. The number of nitrogen functional groups attached to an aromatic ring is 1. The van der Waals surface area contributed by atoms with Crippen molar-refractivity contribution < 1.29 is 0 Å². The number of hydrogen-bond donors (Lipinski definition) is 1. The van der Waals surface area contributed by atoms with E-state index in [4.69, 9.17) is 5.73 Å². The number of rotatable bonds is 2. The zero-order chi connectivity index (χ0) is 10.3. The fourth-order valence-corrected chi connectivity index (χ4v) is 0.897. The molecule has 0 amide bonds. The summed E-state index contributed by atoms with van der Waals surface area (Å²) in [5, 5.41) is 0. The number of nitrogens with two attached hydrogens (primary N) is 1. The first-order valence-corrected chi connectivity index (χ1v) is 4.65. The fraction of sp³-hybridized carbons (Fsp3) is 0.364. The van der Waals surface area contributed by atoms with Crippen LogP contribution in [-0.2, 0) is 6.42 Å². The van der Waals surface area contributed by atoms with E-state index in [1.54, 1.807) is 6.08 Å². The van der Waals surface area contributed by atoms with Crippen LogP contribution in [0, 0.1) is 0 Å². The lowest BCUT2D eigenvalue weighted by Crippen LogP contribution is -1.96. The molecule has 0 aliphatic rings. The number of pyridine rings is 1. The average molecular weight is 178 g/mol. The molecule has 1 aromatic heterocycles. The minimum absolute atomic E-state index is 0.569. The Morgan fingerprint density at radius 2 is 2.08 bits per heavy atom. The quantitative estimate of drug-likeness (QED) is 0.756. The summed E-state index contributed by atoms with van der Waals surface area (Å²) in [6.45, 7) is 9.68. The standard InChI is InChI=1S/C9H12N2.C2H6/c1-3-7-5-6-8(4-2)11-9(7)10;1-2/h3,5-6H,1,4H2,2H3,(H2,10,11);1-2H3. The summed E-state index contributed by atoms with van der Waals surface area (Å²) >= 11 is 0. The maximum atomic E-state index is 5.63. The van der Waals surface area contributed by atoms with Crippen molar-refractivity contribution in [2.75, 3.05) is 5.73 Å². The van der Waals surface area contributed by atoms with Crippen molar-refractivity contribution in [2.24, 2.45) is 0 Å². The number of hydrogen-bond acceptors (Lipinski definition) is 2. The third-order valence-electron chi connectivity index (χ3n) is 1.60. The molecule has 0 aliphatic carbocycles. The van der Waals surface area contributed by atoms with Crippen LogP contribution in [0.3, 0.4) is 0 Å². The summed E-state index contributed by atoms with van der Waals surface area (Å²) < 4.78 is 0. The van der Waals surface area contributed by atoms with Crippen LogP contribution in [0.25, 0.3) is 6.08 Å². The Morgan fingerprint density at radius 3 is 2.46 bits per heavy atom. The van der Waals surface area contributed by atoms with Gasteiger partial charge in [0.05, 0.1) is 0 Å². The lowest BCUT2D eigenvalue weighted by molar-refractivity contribution is 1.04. The molecule has 2 nitrogen and oxygen atoms in total. The van der Waals surface area contributed by atoms with Crippen LogP contribution in [0.2, 0.25) is 0 Å². The van der Waals surface area contributed by atoms with Gasteiger partial charge >= 0.3 is 0 Å². The number of aryl methyl sites for hydroxylation is 1. The van der Waals surface area contributed by atoms with Crippen LogP contribution in [0.4, 0.5) is 5.82 Å². The fourth-order valence-electron chi connectivity index (χ4n) is 0.897. The molecule has 0 bridgehead atoms. The van der Waals surface area contributed by atoms with Crippen LogP contribution in [-0.4, -0.2) is 4.98 Å². The van der Waals surface area contributed by atoms with Gasteiger partial charge in [0.1, 0.15) is 5.82 Å². The third kappa shape index (κ3) is 3.28. The molecule has 1 aromatic rings. The van der Waals surface area contributed by atoms with Gasteiger partial charge in [-0.1, -0.05) is 33.4 Å². The van der Waals surface area contributed by atoms with E-state index >= 15 is 0 Å². The summed E-state index contributed by atoms with van der Waals surface area (Å²) in [7, 11) is 0. The molecule has 0 fully saturated rings. The van der Waals surface area contributed by atoms with Crippen LogP contribution in [0.5, 0.6) is 0 Å². The molecular formula is C11H18N2. The normalized spacial score (nSPS) is 8.54. The largest absolute Gasteiger partial charge is 0.383 e. The number of nitrogens with zero attached hydrogens (tertiary/aromatic N) is 1. The molecule has 1 heterocycles. The molecular weight excluding hydrogens is 160 g/mol. The van der Waals surface area contributed by atoms with E-state index in [1.807, 2.05) is 26.0 Å². The molecule has 0 spiro atoms. The minimum Gasteiger partial charge on any atom is -0.383 e. The van der Waals surface area contributed by atoms with Crippen molar-refractivity contribution >= 4 is 11.9 Å². The molecule has 72 valence electrons. The summed E-state index contributed by atoms with van der Waals surface area (Å²) in [6, 6.07) is 3.90. The molecule has 1 rings (SSSR count). The number of aromatic nitrogens is 1. The van der Waals surface area contributed by atoms with E-state index < -0.39 is 0 Å². The second-order valence-corrected chi connectivity index (χ2v) is 2.33. The van der Waals surface area contributed by atoms with Gasteiger partial charge in [-0.15, -0.1) is 0 Å². The van der Waals surface area contributed by atoms with E-state index in [2.05, 4.69) is 18.5 Å². The second kappa shape index (κ2) is 6.23. The predicted molar refractivity (Wildman–Crippen MR) is 59.5 cm³/mol. The summed E-state index contributed by atoms with van der Waals surface area (Å²) in [5.74, 6) is 0.569. The van der Waals surface area contributed by atoms with Crippen molar-refractivity contribution in [1.29, 1.82) is 0 Å². The van der Waals surface area contributed by atoms with Crippen LogP contribution < -0.4 is 5.73 Å². The van der Waals surface area contributed by atoms with Gasteiger partial charge in [-0.3, -0.25) is 0 Å². The molecule has 0 unspecified atom stereocenters. The Bertz CT molecular complexity index is 267. The first kappa shape index (κ1) is 11.7. The van der Waals surface area contributed by atoms with Crippen molar-refractivity contribution in [3.8, 4) is 0 Å². The Morgan fingerprint density at radius 1 is 1.46 bits per heavy atom. The molecule has 0 saturated carbocycles. The van der Waals surface area contributed by atoms with Gasteiger partial charge in [0, 0.05) is 11.3 Å². The third-order valence-corrected chi connectivity index (χ3v) is 1.60. The highest BCUT2D eigenvalue weighted by molar-refractivity contribution is 5.59. The lowest BCUT2D eigenvalue weighted by Gasteiger charge is -2.00. The Kier molecular flexibility index (Phi) is 5.60. The average Bonchev–Trinajstić information content (AvgIpc) is 2.20. The van der Waals surface area contributed by atoms with Gasteiger partial charge in [-0.25, -0.2) is 4.98 Å². The van der Waals surface area contributed by atoms with Gasteiger partial charge in [0.2, 0.25) is 0 Å². The first-order chi connectivity index (χ1) is 6.27. The lowest BCUT2D eigenvalue weighted by atomic mass is 10.2. The smallest absolute Gasteiger partial charge is 0.130 e. The van der Waals surface area contributed by atoms with Crippen molar-refractivity contribution in [1.82, 2.24) is 4.98 Å². The minimum atomic E-state index is 0.569. The highest BCUT2D eigenvalue weighted by atomic mass is 14.8. The zero-order valence-electron chi connectivity index (χ0n) is 8.67. The summed E-state index contributed by atoms with van der Waals surface area (Å²) in [5.41, 5.74) is 7.55. The number of anilines is 1. The van der Waals surface area contributed by atoms with Gasteiger partial charge in [-0.2, -0.15) is 0 Å². The molecule has 2 N–H and O–H groups in total. The van der Waals surface area contributed by atoms with Gasteiger partial charge in [-0.05, 0) is 18.6 Å². The van der Waals surface area contributed by atoms with Crippen molar-refractivity contribution in [2.45, 2.75) is 27.2 Å². The van der Waals surface area contributed by atoms with E-state index in [1.165, 1.54) is 0 Å². The molecule has 0 saturated heterocycles. The van der Waals surface area contributed by atoms with Gasteiger partial charge in [0.25, 0.3) is 0 Å². The molecule has 13 heavy (non-hydrogen) atoms. The highest BCUT2D eigenvalue weighted by Gasteiger charge is 1.96. The van der Waals surface area contributed by atoms with E-state index in [-0.39, 0.29) is 0 Å². The molecule has 0 radical (unpaired) electrons. The molecule has 2 heteroatoms. The van der Waals surface area contributed by atoms with Crippen LogP contribution in [0.15, 0.2) is 18.7 Å². The van der Waals surface area contributed by atoms with Crippen LogP contribution in [0.1, 0.15) is 32.0 Å². The maximum absolute atomic E-state index is 5.63. The second-order valence-electron chi connectivity index (χ2n) is 2.33. The topological polar surface area (TPSA) is 38.9 Å². The van der Waals surface area contributed by atoms with Gasteiger partial charge < -0.3 is 5.73 Å². The Balaban J connectivity index is 0.000000671. The predicted octanol–water partition coefficient (Wildman–Crippen LogP) is 2.90.